The van der Waals surface area contributed by atoms with Gasteiger partial charge in [-0.05, 0) is 50.3 Å². The number of piperidine rings is 1. The number of rotatable bonds is 2. The predicted octanol–water partition coefficient (Wildman–Crippen LogP) is 3.14. The molecule has 1 aromatic rings. The number of likely N-dealkylation sites (tertiary alicyclic amines) is 1. The molecule has 1 atom stereocenters. The summed E-state index contributed by atoms with van der Waals surface area (Å²) in [5, 5.41) is 10.9. The van der Waals surface area contributed by atoms with Crippen molar-refractivity contribution in [2.75, 3.05) is 13.1 Å². The molecule has 1 N–H and O–H groups in total. The summed E-state index contributed by atoms with van der Waals surface area (Å²) in [7, 11) is 0. The summed E-state index contributed by atoms with van der Waals surface area (Å²) in [6.45, 7) is 3.00. The third kappa shape index (κ3) is 2.69. The Morgan fingerprint density at radius 2 is 2.05 bits per heavy atom. The molecule has 0 bridgehead atoms. The predicted molar refractivity (Wildman–Crippen MR) is 83.4 cm³/mol. The lowest BCUT2D eigenvalue weighted by molar-refractivity contribution is -0.147. The molecule has 2 aliphatic rings. The number of benzene rings is 1. The Morgan fingerprint density at radius 3 is 2.62 bits per heavy atom. The highest BCUT2D eigenvalue weighted by molar-refractivity contribution is 6.30. The lowest BCUT2D eigenvalue weighted by Crippen LogP contribution is -2.56. The van der Waals surface area contributed by atoms with E-state index in [-0.39, 0.29) is 5.91 Å². The van der Waals surface area contributed by atoms with Gasteiger partial charge in [-0.15, -0.1) is 0 Å². The molecule has 4 heteroatoms. The van der Waals surface area contributed by atoms with Crippen molar-refractivity contribution < 1.29 is 9.90 Å². The van der Waals surface area contributed by atoms with Crippen LogP contribution in [0.25, 0.3) is 0 Å². The van der Waals surface area contributed by atoms with Gasteiger partial charge in [-0.2, -0.15) is 0 Å². The van der Waals surface area contributed by atoms with Gasteiger partial charge in [0.1, 0.15) is 0 Å². The van der Waals surface area contributed by atoms with E-state index in [1.54, 1.807) is 0 Å². The lowest BCUT2D eigenvalue weighted by Gasteiger charge is -2.47. The smallest absolute Gasteiger partial charge is 0.233 e. The third-order valence-corrected chi connectivity index (χ3v) is 5.19. The SMILES string of the molecule is CC1(O)CCCN(C(=O)C2(c3cccc(Cl)c3)CCC2)C1. The first-order chi connectivity index (χ1) is 9.93. The molecule has 0 aromatic heterocycles. The quantitative estimate of drug-likeness (QED) is 0.912. The fraction of sp³-hybridized carbons (Fsp3) is 0.588. The van der Waals surface area contributed by atoms with E-state index in [9.17, 15) is 9.90 Å². The molecule has 1 amide bonds. The largest absolute Gasteiger partial charge is 0.388 e. The van der Waals surface area contributed by atoms with Crippen molar-refractivity contribution in [2.45, 2.75) is 50.0 Å². The fourth-order valence-corrected chi connectivity index (χ4v) is 3.83. The number of amides is 1. The highest BCUT2D eigenvalue weighted by Gasteiger charge is 2.49. The summed E-state index contributed by atoms with van der Waals surface area (Å²) in [4.78, 5) is 14.9. The topological polar surface area (TPSA) is 40.5 Å². The molecule has 3 nitrogen and oxygen atoms in total. The van der Waals surface area contributed by atoms with Crippen LogP contribution in [0, 0.1) is 0 Å². The van der Waals surface area contributed by atoms with Gasteiger partial charge in [-0.1, -0.05) is 30.2 Å². The number of halogens is 1. The van der Waals surface area contributed by atoms with E-state index in [2.05, 4.69) is 0 Å². The number of hydrogen-bond acceptors (Lipinski definition) is 2. The van der Waals surface area contributed by atoms with Crippen LogP contribution in [0.3, 0.4) is 0 Å². The average Bonchev–Trinajstić information content (AvgIpc) is 2.36. The molecule has 3 rings (SSSR count). The zero-order valence-electron chi connectivity index (χ0n) is 12.4. The number of carbonyl (C=O) groups excluding carboxylic acids is 1. The van der Waals surface area contributed by atoms with Crippen LogP contribution >= 0.6 is 11.6 Å². The van der Waals surface area contributed by atoms with Gasteiger partial charge in [-0.25, -0.2) is 0 Å². The molecule has 1 aromatic carbocycles. The summed E-state index contributed by atoms with van der Waals surface area (Å²) < 4.78 is 0. The van der Waals surface area contributed by atoms with Crippen LogP contribution in [0.5, 0.6) is 0 Å². The van der Waals surface area contributed by atoms with Crippen molar-refractivity contribution in [3.8, 4) is 0 Å². The van der Waals surface area contributed by atoms with Gasteiger partial charge in [0.2, 0.25) is 5.91 Å². The van der Waals surface area contributed by atoms with Crippen LogP contribution in [-0.2, 0) is 10.2 Å². The summed E-state index contributed by atoms with van der Waals surface area (Å²) in [5.41, 5.74) is -0.151. The molecular weight excluding hydrogens is 286 g/mol. The van der Waals surface area contributed by atoms with E-state index in [1.807, 2.05) is 36.1 Å². The van der Waals surface area contributed by atoms with Gasteiger partial charge in [0, 0.05) is 18.1 Å². The minimum atomic E-state index is -0.757. The van der Waals surface area contributed by atoms with Crippen LogP contribution in [0.15, 0.2) is 24.3 Å². The van der Waals surface area contributed by atoms with Crippen molar-refractivity contribution in [3.05, 3.63) is 34.9 Å². The Balaban J connectivity index is 1.87. The molecule has 2 fully saturated rings. The first-order valence-electron chi connectivity index (χ1n) is 7.71. The molecule has 0 radical (unpaired) electrons. The minimum Gasteiger partial charge on any atom is -0.388 e. The zero-order valence-corrected chi connectivity index (χ0v) is 13.2. The summed E-state index contributed by atoms with van der Waals surface area (Å²) in [6, 6.07) is 7.68. The summed E-state index contributed by atoms with van der Waals surface area (Å²) in [6.07, 6.45) is 4.46. The number of carbonyl (C=O) groups is 1. The van der Waals surface area contributed by atoms with Crippen LogP contribution in [-0.4, -0.2) is 34.6 Å². The number of nitrogens with zero attached hydrogens (tertiary/aromatic N) is 1. The zero-order chi connectivity index (χ0) is 15.1. The van der Waals surface area contributed by atoms with Gasteiger partial charge in [0.05, 0.1) is 11.0 Å². The molecular formula is C17H22ClNO2. The molecule has 1 aliphatic carbocycles. The van der Waals surface area contributed by atoms with Crippen LogP contribution in [0.4, 0.5) is 0 Å². The molecule has 1 saturated heterocycles. The lowest BCUT2D eigenvalue weighted by atomic mass is 9.63. The number of β-amino-alcohol motifs (C(OH)–C–C–N with tert-alkyl or cyclic N) is 1. The highest BCUT2D eigenvalue weighted by Crippen LogP contribution is 2.46. The standard InChI is InChI=1S/C17H22ClNO2/c1-16(21)7-4-10-19(12-16)15(20)17(8-3-9-17)13-5-2-6-14(18)11-13/h2,5-6,11,21H,3-4,7-10,12H2,1H3. The summed E-state index contributed by atoms with van der Waals surface area (Å²) in [5.74, 6) is 0.163. The van der Waals surface area contributed by atoms with Gasteiger partial charge in [0.15, 0.2) is 0 Å². The molecule has 114 valence electrons. The Bertz CT molecular complexity index is 551. The Labute approximate surface area is 130 Å². The Kier molecular flexibility index (Phi) is 3.74. The van der Waals surface area contributed by atoms with Gasteiger partial charge >= 0.3 is 0 Å². The fourth-order valence-electron chi connectivity index (χ4n) is 3.64. The first-order valence-corrected chi connectivity index (χ1v) is 8.09. The maximum absolute atomic E-state index is 13.1. The van der Waals surface area contributed by atoms with Gasteiger partial charge in [-0.3, -0.25) is 4.79 Å². The van der Waals surface area contributed by atoms with Gasteiger partial charge in [0.25, 0.3) is 0 Å². The van der Waals surface area contributed by atoms with Crippen molar-refractivity contribution in [3.63, 3.8) is 0 Å². The van der Waals surface area contributed by atoms with E-state index >= 15 is 0 Å². The van der Waals surface area contributed by atoms with Gasteiger partial charge < -0.3 is 10.0 Å². The minimum absolute atomic E-state index is 0.163. The molecule has 1 aliphatic heterocycles. The second-order valence-electron chi connectivity index (χ2n) is 6.77. The number of hydrogen-bond donors (Lipinski definition) is 1. The Hall–Kier alpha value is -1.06. The second-order valence-corrected chi connectivity index (χ2v) is 7.21. The Morgan fingerprint density at radius 1 is 1.29 bits per heavy atom. The highest BCUT2D eigenvalue weighted by atomic mass is 35.5. The monoisotopic (exact) mass is 307 g/mol. The molecule has 1 saturated carbocycles. The van der Waals surface area contributed by atoms with E-state index in [1.165, 1.54) is 0 Å². The van der Waals surface area contributed by atoms with Crippen molar-refractivity contribution >= 4 is 17.5 Å². The second kappa shape index (κ2) is 5.29. The van der Waals surface area contributed by atoms with E-state index < -0.39 is 11.0 Å². The van der Waals surface area contributed by atoms with E-state index in [0.29, 0.717) is 11.6 Å². The van der Waals surface area contributed by atoms with Crippen LogP contribution < -0.4 is 0 Å². The average molecular weight is 308 g/mol. The van der Waals surface area contributed by atoms with E-state index in [0.717, 1.165) is 44.2 Å². The van der Waals surface area contributed by atoms with Crippen LogP contribution in [0.2, 0.25) is 5.02 Å². The maximum atomic E-state index is 13.1. The third-order valence-electron chi connectivity index (χ3n) is 4.96. The maximum Gasteiger partial charge on any atom is 0.233 e. The number of aliphatic hydroxyl groups is 1. The first kappa shape index (κ1) is 14.9. The van der Waals surface area contributed by atoms with Crippen molar-refractivity contribution in [1.82, 2.24) is 4.90 Å². The van der Waals surface area contributed by atoms with Crippen molar-refractivity contribution in [1.29, 1.82) is 0 Å². The molecule has 0 spiro atoms. The normalized spacial score (nSPS) is 28.0. The molecule has 1 unspecified atom stereocenters. The van der Waals surface area contributed by atoms with E-state index in [4.69, 9.17) is 11.6 Å². The van der Waals surface area contributed by atoms with Crippen molar-refractivity contribution in [2.24, 2.45) is 0 Å². The molecule has 1 heterocycles. The molecule has 21 heavy (non-hydrogen) atoms. The summed E-state index contributed by atoms with van der Waals surface area (Å²) >= 11 is 6.10. The van der Waals surface area contributed by atoms with Crippen LogP contribution in [0.1, 0.15) is 44.6 Å².